The Hall–Kier alpha value is -2.47. The molecule has 0 aliphatic carbocycles. The lowest BCUT2D eigenvalue weighted by molar-refractivity contribution is -0.255. The Morgan fingerprint density at radius 1 is 1.35 bits per heavy atom. The molecule has 0 bridgehead atoms. The quantitative estimate of drug-likeness (QED) is 0.718. The number of imidazole rings is 1. The van der Waals surface area contributed by atoms with E-state index in [1.165, 1.54) is 22.8 Å². The van der Waals surface area contributed by atoms with Gasteiger partial charge >= 0.3 is 0 Å². The van der Waals surface area contributed by atoms with Crippen molar-refractivity contribution < 1.29 is 14.3 Å². The molecule has 0 spiro atoms. The zero-order valence-electron chi connectivity index (χ0n) is 9.88. The SMILES string of the molecule is O=C([O-])c1nc2cccnn2c1-c1ccc(Cl)c(F)c1. The third-order valence-corrected chi connectivity index (χ3v) is 3.09. The van der Waals surface area contributed by atoms with Crippen molar-refractivity contribution >= 4 is 23.2 Å². The summed E-state index contributed by atoms with van der Waals surface area (Å²) in [6.07, 6.45) is 1.48. The van der Waals surface area contributed by atoms with Crippen LogP contribution in [0.3, 0.4) is 0 Å². The van der Waals surface area contributed by atoms with Crippen molar-refractivity contribution in [3.63, 3.8) is 0 Å². The molecule has 3 rings (SSSR count). The number of carbonyl (C=O) groups is 1. The number of hydrogen-bond acceptors (Lipinski definition) is 4. The number of hydrogen-bond donors (Lipinski definition) is 0. The van der Waals surface area contributed by atoms with E-state index < -0.39 is 11.8 Å². The van der Waals surface area contributed by atoms with Crippen molar-refractivity contribution in [2.75, 3.05) is 0 Å². The highest BCUT2D eigenvalue weighted by atomic mass is 35.5. The minimum atomic E-state index is -1.46. The van der Waals surface area contributed by atoms with Gasteiger partial charge in [-0.25, -0.2) is 13.9 Å². The van der Waals surface area contributed by atoms with Crippen LogP contribution < -0.4 is 5.11 Å². The van der Waals surface area contributed by atoms with Crippen molar-refractivity contribution in [3.8, 4) is 11.3 Å². The maximum Gasteiger partial charge on any atom is 0.155 e. The summed E-state index contributed by atoms with van der Waals surface area (Å²) in [7, 11) is 0. The van der Waals surface area contributed by atoms with Gasteiger partial charge in [-0.15, -0.1) is 0 Å². The average Bonchev–Trinajstić information content (AvgIpc) is 2.81. The van der Waals surface area contributed by atoms with Gasteiger partial charge in [0.25, 0.3) is 0 Å². The number of carboxylic acid groups (broad SMARTS) is 1. The van der Waals surface area contributed by atoms with E-state index >= 15 is 0 Å². The molecular weight excluding hydrogens is 285 g/mol. The lowest BCUT2D eigenvalue weighted by atomic mass is 10.1. The number of aromatic nitrogens is 3. The molecule has 1 aromatic carbocycles. The summed E-state index contributed by atoms with van der Waals surface area (Å²) in [5, 5.41) is 15.2. The fourth-order valence-corrected chi connectivity index (χ4v) is 2.05. The summed E-state index contributed by atoms with van der Waals surface area (Å²) in [5.74, 6) is -2.11. The summed E-state index contributed by atoms with van der Waals surface area (Å²) < 4.78 is 14.9. The Kier molecular flexibility index (Phi) is 2.87. The molecule has 5 nitrogen and oxygen atoms in total. The van der Waals surface area contributed by atoms with Gasteiger partial charge in [0.1, 0.15) is 17.2 Å². The third kappa shape index (κ3) is 1.90. The minimum absolute atomic E-state index is 0.0504. The molecule has 0 saturated heterocycles. The van der Waals surface area contributed by atoms with Crippen LogP contribution in [-0.4, -0.2) is 20.6 Å². The predicted octanol–water partition coefficient (Wildman–Crippen LogP) is 1.55. The van der Waals surface area contributed by atoms with Gasteiger partial charge in [-0.2, -0.15) is 5.10 Å². The second kappa shape index (κ2) is 4.57. The van der Waals surface area contributed by atoms with Crippen molar-refractivity contribution in [1.29, 1.82) is 0 Å². The molecule has 2 heterocycles. The highest BCUT2D eigenvalue weighted by molar-refractivity contribution is 6.30. The first kappa shape index (κ1) is 12.6. The monoisotopic (exact) mass is 290 g/mol. The molecule has 2 aromatic heterocycles. The van der Waals surface area contributed by atoms with Gasteiger partial charge in [-0.1, -0.05) is 17.7 Å². The lowest BCUT2D eigenvalue weighted by Crippen LogP contribution is -2.23. The molecule has 7 heteroatoms. The van der Waals surface area contributed by atoms with Gasteiger partial charge in [0.15, 0.2) is 5.65 Å². The number of nitrogens with zero attached hydrogens (tertiary/aromatic N) is 3. The Morgan fingerprint density at radius 2 is 2.15 bits per heavy atom. The molecule has 0 fully saturated rings. The Bertz CT molecular complexity index is 832. The number of rotatable bonds is 2. The Labute approximate surface area is 117 Å². The molecule has 0 radical (unpaired) electrons. The zero-order valence-corrected chi connectivity index (χ0v) is 10.6. The van der Waals surface area contributed by atoms with Crippen molar-refractivity contribution in [1.82, 2.24) is 14.6 Å². The van der Waals surface area contributed by atoms with Gasteiger partial charge < -0.3 is 9.90 Å². The zero-order chi connectivity index (χ0) is 14.3. The van der Waals surface area contributed by atoms with Crippen LogP contribution in [0.4, 0.5) is 4.39 Å². The van der Waals surface area contributed by atoms with E-state index in [-0.39, 0.29) is 16.4 Å². The van der Waals surface area contributed by atoms with Crippen LogP contribution in [0.15, 0.2) is 36.5 Å². The second-order valence-electron chi connectivity index (χ2n) is 4.02. The van der Waals surface area contributed by atoms with Crippen LogP contribution in [0.25, 0.3) is 16.9 Å². The van der Waals surface area contributed by atoms with Crippen LogP contribution in [0.5, 0.6) is 0 Å². The maximum absolute atomic E-state index is 13.6. The third-order valence-electron chi connectivity index (χ3n) is 2.78. The smallest absolute Gasteiger partial charge is 0.155 e. The number of carbonyl (C=O) groups excluding carboxylic acids is 1. The van der Waals surface area contributed by atoms with E-state index in [0.29, 0.717) is 11.2 Å². The Balaban J connectivity index is 2.35. The van der Waals surface area contributed by atoms with Crippen LogP contribution in [0.1, 0.15) is 10.5 Å². The van der Waals surface area contributed by atoms with Gasteiger partial charge in [-0.3, -0.25) is 0 Å². The van der Waals surface area contributed by atoms with Gasteiger partial charge in [0.05, 0.1) is 11.0 Å². The number of fused-ring (bicyclic) bond motifs is 1. The molecule has 0 N–H and O–H groups in total. The molecule has 0 unspecified atom stereocenters. The largest absolute Gasteiger partial charge is 0.543 e. The summed E-state index contributed by atoms with van der Waals surface area (Å²) in [6, 6.07) is 7.18. The molecule has 20 heavy (non-hydrogen) atoms. The maximum atomic E-state index is 13.6. The van der Waals surface area contributed by atoms with Gasteiger partial charge in [0.2, 0.25) is 0 Å². The van der Waals surface area contributed by atoms with E-state index in [4.69, 9.17) is 11.6 Å². The van der Waals surface area contributed by atoms with Gasteiger partial charge in [-0.05, 0) is 24.3 Å². The topological polar surface area (TPSA) is 70.3 Å². The summed E-state index contributed by atoms with van der Waals surface area (Å²) in [4.78, 5) is 15.1. The highest BCUT2D eigenvalue weighted by Crippen LogP contribution is 2.27. The molecular formula is C13H6ClFN3O2-. The molecule has 0 aliphatic rings. The fraction of sp³-hybridized carbons (Fsp3) is 0. The standard InChI is InChI=1S/C13H7ClFN3O2/c14-8-4-3-7(6-9(8)15)12-11(13(19)20)17-10-2-1-5-16-18(10)12/h1-6H,(H,19,20)/p-1. The minimum Gasteiger partial charge on any atom is -0.543 e. The van der Waals surface area contributed by atoms with E-state index in [9.17, 15) is 14.3 Å². The van der Waals surface area contributed by atoms with Crippen LogP contribution in [-0.2, 0) is 0 Å². The van der Waals surface area contributed by atoms with Crippen molar-refractivity contribution in [3.05, 3.63) is 53.1 Å². The molecule has 0 atom stereocenters. The van der Waals surface area contributed by atoms with E-state index in [1.807, 2.05) is 0 Å². The van der Waals surface area contributed by atoms with E-state index in [0.717, 1.165) is 6.07 Å². The van der Waals surface area contributed by atoms with E-state index in [1.54, 1.807) is 12.1 Å². The molecule has 100 valence electrons. The molecule has 0 saturated carbocycles. The normalized spacial score (nSPS) is 10.9. The first-order valence-corrected chi connectivity index (χ1v) is 5.96. The summed E-state index contributed by atoms with van der Waals surface area (Å²) in [6.45, 7) is 0. The summed E-state index contributed by atoms with van der Waals surface area (Å²) in [5.41, 5.74) is 0.482. The van der Waals surface area contributed by atoms with E-state index in [2.05, 4.69) is 10.1 Å². The Morgan fingerprint density at radius 3 is 2.85 bits per heavy atom. The highest BCUT2D eigenvalue weighted by Gasteiger charge is 2.16. The van der Waals surface area contributed by atoms with Crippen molar-refractivity contribution in [2.24, 2.45) is 0 Å². The number of aromatic carboxylic acids is 1. The molecule has 3 aromatic rings. The molecule has 0 aliphatic heterocycles. The van der Waals surface area contributed by atoms with Crippen LogP contribution in [0.2, 0.25) is 5.02 Å². The van der Waals surface area contributed by atoms with Crippen LogP contribution in [0, 0.1) is 5.82 Å². The first-order chi connectivity index (χ1) is 9.58. The van der Waals surface area contributed by atoms with Crippen LogP contribution >= 0.6 is 11.6 Å². The number of halogens is 2. The first-order valence-electron chi connectivity index (χ1n) is 5.58. The molecule has 0 amide bonds. The summed E-state index contributed by atoms with van der Waals surface area (Å²) >= 11 is 5.62. The predicted molar refractivity (Wildman–Crippen MR) is 67.7 cm³/mol. The second-order valence-corrected chi connectivity index (χ2v) is 4.43. The van der Waals surface area contributed by atoms with Gasteiger partial charge in [0, 0.05) is 11.8 Å². The van der Waals surface area contributed by atoms with Crippen molar-refractivity contribution in [2.45, 2.75) is 0 Å². The average molecular weight is 291 g/mol. The number of benzene rings is 1. The lowest BCUT2D eigenvalue weighted by Gasteiger charge is -2.05. The number of carboxylic acids is 1. The fourth-order valence-electron chi connectivity index (χ4n) is 1.93.